The molecule has 0 aliphatic carbocycles. The van der Waals surface area contributed by atoms with E-state index >= 15 is 0 Å². The van der Waals surface area contributed by atoms with Crippen LogP contribution in [0.4, 0.5) is 11.4 Å². The largest absolute Gasteiger partial charge is 0.382 e. The second-order valence-electron chi connectivity index (χ2n) is 4.27. The molecule has 0 bridgehead atoms. The normalized spacial score (nSPS) is 10.5. The van der Waals surface area contributed by atoms with Crippen LogP contribution < -0.4 is 5.32 Å². The van der Waals surface area contributed by atoms with Gasteiger partial charge >= 0.3 is 0 Å². The number of hydrogen-bond donors (Lipinski definition) is 1. The summed E-state index contributed by atoms with van der Waals surface area (Å²) in [6.45, 7) is 5.94. The summed E-state index contributed by atoms with van der Waals surface area (Å²) in [6.07, 6.45) is 2.17. The summed E-state index contributed by atoms with van der Waals surface area (Å²) in [5.74, 6) is 0. The SMILES string of the molecule is CCCCOCCNc1cc(Cl)c([N+](=O)[O-])cc1C. The van der Waals surface area contributed by atoms with Gasteiger partial charge in [-0.1, -0.05) is 24.9 Å². The maximum Gasteiger partial charge on any atom is 0.288 e. The molecule has 1 aromatic rings. The average Bonchev–Trinajstić information content (AvgIpc) is 2.36. The first-order valence-corrected chi connectivity index (χ1v) is 6.70. The van der Waals surface area contributed by atoms with Crippen LogP contribution in [0.3, 0.4) is 0 Å². The quantitative estimate of drug-likeness (QED) is 0.449. The molecule has 1 aromatic carbocycles. The number of anilines is 1. The van der Waals surface area contributed by atoms with Crippen molar-refractivity contribution in [1.29, 1.82) is 0 Å². The molecule has 0 radical (unpaired) electrons. The van der Waals surface area contributed by atoms with E-state index in [4.69, 9.17) is 16.3 Å². The van der Waals surface area contributed by atoms with Gasteiger partial charge in [0.2, 0.25) is 0 Å². The Morgan fingerprint density at radius 1 is 1.42 bits per heavy atom. The lowest BCUT2D eigenvalue weighted by Crippen LogP contribution is -2.11. The van der Waals surface area contributed by atoms with Gasteiger partial charge in [-0.25, -0.2) is 0 Å². The fraction of sp³-hybridized carbons (Fsp3) is 0.538. The van der Waals surface area contributed by atoms with Crippen molar-refractivity contribution in [3.63, 3.8) is 0 Å². The van der Waals surface area contributed by atoms with Crippen LogP contribution in [0, 0.1) is 17.0 Å². The van der Waals surface area contributed by atoms with Gasteiger partial charge in [-0.15, -0.1) is 0 Å². The Kier molecular flexibility index (Phi) is 6.59. The molecule has 0 unspecified atom stereocenters. The van der Waals surface area contributed by atoms with Crippen LogP contribution in [-0.2, 0) is 4.74 Å². The van der Waals surface area contributed by atoms with E-state index in [2.05, 4.69) is 12.2 Å². The third-order valence-corrected chi connectivity index (χ3v) is 3.00. The van der Waals surface area contributed by atoms with E-state index in [0.29, 0.717) is 13.2 Å². The first-order valence-electron chi connectivity index (χ1n) is 6.32. The first kappa shape index (κ1) is 15.7. The highest BCUT2D eigenvalue weighted by Crippen LogP contribution is 2.30. The maximum atomic E-state index is 10.7. The van der Waals surface area contributed by atoms with Crippen molar-refractivity contribution >= 4 is 23.0 Å². The molecule has 0 heterocycles. The van der Waals surface area contributed by atoms with Crippen molar-refractivity contribution in [3.05, 3.63) is 32.8 Å². The third kappa shape index (κ3) is 5.04. The average molecular weight is 287 g/mol. The Morgan fingerprint density at radius 3 is 2.79 bits per heavy atom. The number of nitrogens with zero attached hydrogens (tertiary/aromatic N) is 1. The van der Waals surface area contributed by atoms with Gasteiger partial charge < -0.3 is 10.1 Å². The van der Waals surface area contributed by atoms with Crippen LogP contribution in [0.15, 0.2) is 12.1 Å². The molecule has 1 N–H and O–H groups in total. The van der Waals surface area contributed by atoms with E-state index in [-0.39, 0.29) is 10.7 Å². The summed E-state index contributed by atoms with van der Waals surface area (Å²) >= 11 is 5.86. The number of nitro benzene ring substituents is 1. The highest BCUT2D eigenvalue weighted by Gasteiger charge is 2.14. The van der Waals surface area contributed by atoms with Crippen molar-refractivity contribution in [1.82, 2.24) is 0 Å². The molecule has 0 aliphatic heterocycles. The van der Waals surface area contributed by atoms with E-state index in [1.165, 1.54) is 6.07 Å². The molecule has 0 aromatic heterocycles. The monoisotopic (exact) mass is 286 g/mol. The molecule has 0 spiro atoms. The molecular weight excluding hydrogens is 268 g/mol. The molecule has 0 atom stereocenters. The minimum absolute atomic E-state index is 0.0658. The summed E-state index contributed by atoms with van der Waals surface area (Å²) in [4.78, 5) is 10.2. The van der Waals surface area contributed by atoms with E-state index in [9.17, 15) is 10.1 Å². The minimum atomic E-state index is -0.479. The molecule has 19 heavy (non-hydrogen) atoms. The molecule has 0 amide bonds. The molecule has 0 aliphatic rings. The van der Waals surface area contributed by atoms with Gasteiger partial charge in [0.25, 0.3) is 5.69 Å². The Labute approximate surface area is 118 Å². The van der Waals surface area contributed by atoms with Crippen LogP contribution in [0.5, 0.6) is 0 Å². The van der Waals surface area contributed by atoms with E-state index in [0.717, 1.165) is 30.7 Å². The van der Waals surface area contributed by atoms with Crippen molar-refractivity contribution < 1.29 is 9.66 Å². The lowest BCUT2D eigenvalue weighted by atomic mass is 10.2. The zero-order chi connectivity index (χ0) is 14.3. The predicted molar refractivity (Wildman–Crippen MR) is 77.1 cm³/mol. The van der Waals surface area contributed by atoms with Crippen LogP contribution in [0.2, 0.25) is 5.02 Å². The van der Waals surface area contributed by atoms with E-state index in [1.807, 2.05) is 6.92 Å². The summed E-state index contributed by atoms with van der Waals surface area (Å²) in [5.41, 5.74) is 1.53. The molecule has 5 nitrogen and oxygen atoms in total. The summed E-state index contributed by atoms with van der Waals surface area (Å²) in [5, 5.41) is 14.0. The van der Waals surface area contributed by atoms with E-state index in [1.54, 1.807) is 6.07 Å². The van der Waals surface area contributed by atoms with Gasteiger partial charge in [0.15, 0.2) is 0 Å². The highest BCUT2D eigenvalue weighted by molar-refractivity contribution is 6.33. The van der Waals surface area contributed by atoms with Gasteiger partial charge in [-0.2, -0.15) is 0 Å². The van der Waals surface area contributed by atoms with Crippen molar-refractivity contribution in [3.8, 4) is 0 Å². The molecule has 1 rings (SSSR count). The maximum absolute atomic E-state index is 10.7. The fourth-order valence-electron chi connectivity index (χ4n) is 1.60. The molecule has 0 saturated heterocycles. The summed E-state index contributed by atoms with van der Waals surface area (Å²) in [7, 11) is 0. The van der Waals surface area contributed by atoms with Crippen molar-refractivity contribution in [2.75, 3.05) is 25.1 Å². The van der Waals surface area contributed by atoms with Gasteiger partial charge in [-0.3, -0.25) is 10.1 Å². The third-order valence-electron chi connectivity index (χ3n) is 2.69. The Morgan fingerprint density at radius 2 is 2.16 bits per heavy atom. The number of benzene rings is 1. The van der Waals surface area contributed by atoms with Crippen molar-refractivity contribution in [2.24, 2.45) is 0 Å². The molecule has 0 fully saturated rings. The molecule has 106 valence electrons. The van der Waals surface area contributed by atoms with Gasteiger partial charge in [0.05, 0.1) is 11.5 Å². The number of ether oxygens (including phenoxy) is 1. The molecular formula is C13H19ClN2O3. The highest BCUT2D eigenvalue weighted by atomic mass is 35.5. The number of hydrogen-bond acceptors (Lipinski definition) is 4. The minimum Gasteiger partial charge on any atom is -0.382 e. The second kappa shape index (κ2) is 7.96. The molecule has 6 heteroatoms. The Hall–Kier alpha value is -1.33. The second-order valence-corrected chi connectivity index (χ2v) is 4.68. The number of nitro groups is 1. The van der Waals surface area contributed by atoms with Crippen LogP contribution in [0.1, 0.15) is 25.3 Å². The predicted octanol–water partition coefficient (Wildman–Crippen LogP) is 3.79. The fourth-order valence-corrected chi connectivity index (χ4v) is 1.84. The van der Waals surface area contributed by atoms with Gasteiger partial charge in [-0.05, 0) is 25.0 Å². The van der Waals surface area contributed by atoms with Crippen LogP contribution >= 0.6 is 11.6 Å². The summed E-state index contributed by atoms with van der Waals surface area (Å²) < 4.78 is 5.42. The topological polar surface area (TPSA) is 64.4 Å². The number of rotatable bonds is 8. The van der Waals surface area contributed by atoms with E-state index < -0.39 is 4.92 Å². The standard InChI is InChI=1S/C13H19ClN2O3/c1-3-4-6-19-7-5-15-12-9-11(14)13(16(17)18)8-10(12)2/h8-9,15H,3-7H2,1-2H3. The lowest BCUT2D eigenvalue weighted by molar-refractivity contribution is -0.384. The number of aryl methyl sites for hydroxylation is 1. The number of nitrogens with one attached hydrogen (secondary N) is 1. The number of halogens is 1. The van der Waals surface area contributed by atoms with Crippen LogP contribution in [-0.4, -0.2) is 24.7 Å². The van der Waals surface area contributed by atoms with Gasteiger partial charge in [0.1, 0.15) is 5.02 Å². The lowest BCUT2D eigenvalue weighted by Gasteiger charge is -2.10. The van der Waals surface area contributed by atoms with Gasteiger partial charge in [0, 0.05) is 24.9 Å². The number of unbranched alkanes of at least 4 members (excludes halogenated alkanes) is 1. The zero-order valence-corrected chi connectivity index (χ0v) is 12.0. The molecule has 0 saturated carbocycles. The van der Waals surface area contributed by atoms with Crippen LogP contribution in [0.25, 0.3) is 0 Å². The Bertz CT molecular complexity index is 438. The summed E-state index contributed by atoms with van der Waals surface area (Å²) in [6, 6.07) is 3.06. The zero-order valence-electron chi connectivity index (χ0n) is 11.2. The first-order chi connectivity index (χ1) is 9.06. The smallest absolute Gasteiger partial charge is 0.288 e. The Balaban J connectivity index is 2.50. The van der Waals surface area contributed by atoms with Crippen molar-refractivity contribution in [2.45, 2.75) is 26.7 Å².